The summed E-state index contributed by atoms with van der Waals surface area (Å²) in [5, 5.41) is 0. The Morgan fingerprint density at radius 2 is 0.600 bits per heavy atom. The van der Waals surface area contributed by atoms with Crippen LogP contribution in [0.25, 0.3) is 0 Å². The van der Waals surface area contributed by atoms with Crippen molar-refractivity contribution < 1.29 is 42.1 Å². The smallest absolute Gasteiger partial charge is 0.462 e. The van der Waals surface area contributed by atoms with Gasteiger partial charge in [-0.25, -0.2) is 4.57 Å². The van der Waals surface area contributed by atoms with E-state index in [0.717, 1.165) is 167 Å². The average molecular weight is 1260 g/mol. The zero-order valence-electron chi connectivity index (χ0n) is 57.5. The maximum absolute atomic E-state index is 12.9. The Hall–Kier alpha value is -5.15. The number of nitrogens with zero attached hydrogens (tertiary/aromatic N) is 1. The predicted octanol–water partition coefficient (Wildman–Crippen LogP) is 23.3. The van der Waals surface area contributed by atoms with E-state index in [0.29, 0.717) is 23.9 Å². The number of carbonyl (C=O) groups excluding carboxylic acids is 2. The van der Waals surface area contributed by atoms with E-state index in [1.165, 1.54) is 38.5 Å². The first-order chi connectivity index (χ1) is 44.0. The molecule has 90 heavy (non-hydrogen) atoms. The predicted molar refractivity (Wildman–Crippen MR) is 389 cm³/mol. The molecule has 0 saturated carbocycles. The van der Waals surface area contributed by atoms with E-state index < -0.39 is 26.5 Å². The number of likely N-dealkylation sites (N-methyl/N-ethyl adjacent to an activating group) is 1. The summed E-state index contributed by atoms with van der Waals surface area (Å²) in [7, 11) is 1.44. The van der Waals surface area contributed by atoms with E-state index in [1.54, 1.807) is 0 Å². The summed E-state index contributed by atoms with van der Waals surface area (Å²) in [5.41, 5.74) is 0. The van der Waals surface area contributed by atoms with Crippen molar-refractivity contribution in [2.45, 2.75) is 251 Å². The number of phosphoric acid groups is 1. The Morgan fingerprint density at radius 1 is 0.344 bits per heavy atom. The van der Waals surface area contributed by atoms with Crippen LogP contribution in [0.5, 0.6) is 0 Å². The maximum atomic E-state index is 12.9. The highest BCUT2D eigenvalue weighted by molar-refractivity contribution is 7.47. The average Bonchev–Trinajstić information content (AvgIpc) is 3.62. The van der Waals surface area contributed by atoms with Gasteiger partial charge in [0.25, 0.3) is 0 Å². The molecule has 0 rings (SSSR count). The van der Waals surface area contributed by atoms with E-state index in [-0.39, 0.29) is 32.0 Å². The Bertz CT molecular complexity index is 2220. The Labute approximate surface area is 552 Å². The molecule has 2 unspecified atom stereocenters. The van der Waals surface area contributed by atoms with Crippen LogP contribution in [-0.4, -0.2) is 74.9 Å². The lowest BCUT2D eigenvalue weighted by atomic mass is 10.0. The minimum Gasteiger partial charge on any atom is -0.462 e. The number of rotatable bonds is 62. The molecule has 0 radical (unpaired) electrons. The van der Waals surface area contributed by atoms with Gasteiger partial charge in [-0.3, -0.25) is 18.6 Å². The van der Waals surface area contributed by atoms with Crippen molar-refractivity contribution in [1.82, 2.24) is 0 Å². The second-order valence-electron chi connectivity index (χ2n) is 23.8. The van der Waals surface area contributed by atoms with E-state index in [4.69, 9.17) is 18.5 Å². The highest BCUT2D eigenvalue weighted by Crippen LogP contribution is 2.43. The van der Waals surface area contributed by atoms with Crippen LogP contribution in [0.3, 0.4) is 0 Å². The van der Waals surface area contributed by atoms with Crippen molar-refractivity contribution in [3.63, 3.8) is 0 Å². The molecule has 0 aliphatic heterocycles. The molecular formula is C80H129NO8P+. The summed E-state index contributed by atoms with van der Waals surface area (Å²) >= 11 is 0. The molecule has 9 nitrogen and oxygen atoms in total. The monoisotopic (exact) mass is 1260 g/mol. The number of allylic oxidation sites excluding steroid dienone is 32. The van der Waals surface area contributed by atoms with E-state index >= 15 is 0 Å². The molecule has 0 aliphatic carbocycles. The Morgan fingerprint density at radius 3 is 0.889 bits per heavy atom. The van der Waals surface area contributed by atoms with Crippen molar-refractivity contribution in [2.75, 3.05) is 47.5 Å². The van der Waals surface area contributed by atoms with Gasteiger partial charge in [-0.15, -0.1) is 0 Å². The van der Waals surface area contributed by atoms with Gasteiger partial charge in [0.1, 0.15) is 19.8 Å². The lowest BCUT2D eigenvalue weighted by Gasteiger charge is -2.24. The third-order valence-corrected chi connectivity index (χ3v) is 15.1. The van der Waals surface area contributed by atoms with Crippen LogP contribution in [-0.2, 0) is 32.7 Å². The van der Waals surface area contributed by atoms with Gasteiger partial charge in [-0.2, -0.15) is 0 Å². The molecule has 0 saturated heterocycles. The SMILES string of the molecule is CC/C=C\C/C=C\C/C=C\C/C=C\C/C=C\C/C=C\C/C=C\C/C=C\C/C=C\C/C=C\CCCCCCCCCCCCC(=O)OC(COC(=O)CCCCCCCC/C=C\C/C=C\C/C=C\C/C=C\C/C=C\C/C=C\CC)COP(=O)(O)OCC[N+](C)(C)C. The Balaban J connectivity index is 4.15. The van der Waals surface area contributed by atoms with E-state index in [9.17, 15) is 19.0 Å². The summed E-state index contributed by atoms with van der Waals surface area (Å²) in [6, 6.07) is 0. The largest absolute Gasteiger partial charge is 0.472 e. The fourth-order valence-corrected chi connectivity index (χ4v) is 9.55. The minimum absolute atomic E-state index is 0.0178. The molecule has 0 amide bonds. The van der Waals surface area contributed by atoms with Crippen LogP contribution in [0, 0.1) is 0 Å². The van der Waals surface area contributed by atoms with E-state index in [2.05, 4.69) is 208 Å². The summed E-state index contributed by atoms with van der Waals surface area (Å²) < 4.78 is 34.7. The third kappa shape index (κ3) is 71.9. The fourth-order valence-electron chi connectivity index (χ4n) is 8.81. The highest BCUT2D eigenvalue weighted by Gasteiger charge is 2.27. The molecule has 0 aromatic rings. The van der Waals surface area contributed by atoms with Crippen LogP contribution in [0.2, 0.25) is 0 Å². The number of hydrogen-bond acceptors (Lipinski definition) is 7. The van der Waals surface area contributed by atoms with Gasteiger partial charge in [0.2, 0.25) is 0 Å². The highest BCUT2D eigenvalue weighted by atomic mass is 31.2. The lowest BCUT2D eigenvalue weighted by molar-refractivity contribution is -0.870. The molecule has 506 valence electrons. The third-order valence-electron chi connectivity index (χ3n) is 14.1. The van der Waals surface area contributed by atoms with Crippen LogP contribution < -0.4 is 0 Å². The summed E-state index contributed by atoms with van der Waals surface area (Å²) in [5.74, 6) is -0.832. The van der Waals surface area contributed by atoms with Crippen LogP contribution in [0.1, 0.15) is 245 Å². The van der Waals surface area contributed by atoms with Crippen molar-refractivity contribution in [2.24, 2.45) is 0 Å². The first-order valence-corrected chi connectivity index (χ1v) is 36.7. The number of unbranched alkanes of at least 4 members (excludes halogenated alkanes) is 16. The number of esters is 2. The molecular weight excluding hydrogens is 1130 g/mol. The van der Waals surface area contributed by atoms with Gasteiger partial charge in [0.05, 0.1) is 27.7 Å². The molecule has 10 heteroatoms. The normalized spacial score (nSPS) is 14.3. The molecule has 0 spiro atoms. The van der Waals surface area contributed by atoms with Gasteiger partial charge < -0.3 is 18.9 Å². The molecule has 0 aromatic carbocycles. The first kappa shape index (κ1) is 84.8. The molecule has 0 aliphatic rings. The van der Waals surface area contributed by atoms with Crippen molar-refractivity contribution in [3.05, 3.63) is 194 Å². The summed E-state index contributed by atoms with van der Waals surface area (Å²) in [6.07, 6.45) is 107. The zero-order chi connectivity index (χ0) is 65.5. The van der Waals surface area contributed by atoms with Crippen molar-refractivity contribution in [1.29, 1.82) is 0 Å². The van der Waals surface area contributed by atoms with Gasteiger partial charge >= 0.3 is 19.8 Å². The summed E-state index contributed by atoms with van der Waals surface area (Å²) in [6.45, 7) is 4.16. The van der Waals surface area contributed by atoms with Gasteiger partial charge in [0.15, 0.2) is 6.10 Å². The minimum atomic E-state index is -4.41. The molecule has 0 aromatic heterocycles. The number of carbonyl (C=O) groups is 2. The van der Waals surface area contributed by atoms with Gasteiger partial charge in [-0.05, 0) is 141 Å². The molecule has 0 bridgehead atoms. The number of quaternary nitrogens is 1. The van der Waals surface area contributed by atoms with Crippen molar-refractivity contribution >= 4 is 19.8 Å². The molecule has 2 atom stereocenters. The van der Waals surface area contributed by atoms with Gasteiger partial charge in [0, 0.05) is 12.8 Å². The molecule has 0 heterocycles. The second-order valence-corrected chi connectivity index (χ2v) is 25.3. The number of ether oxygens (including phenoxy) is 2. The van der Waals surface area contributed by atoms with E-state index in [1.807, 2.05) is 21.1 Å². The quantitative estimate of drug-likeness (QED) is 0.0211. The topological polar surface area (TPSA) is 108 Å². The number of phosphoric ester groups is 1. The standard InChI is InChI=1S/C80H128NO8P/c1-6-8-10-12-14-16-18-20-22-24-26-28-30-32-33-34-35-36-37-38-39-40-41-42-43-44-45-46-47-49-51-53-55-57-59-61-63-65-67-69-71-73-80(83)89-78(77-88-90(84,85)87-75-74-81(3,4)5)76-86-79(82)72-70-68-66-64-62-60-58-56-54-52-50-48-31-29-27-25-23-21-19-17-15-13-11-9-7-2/h8-11,14-17,20-23,26-29,32-33,35-36,38-39,41-42,44-45,47-50,54,56,78H,6-7,12-13,18-19,24-25,30-31,34,37,40,43,46,51-53,55,57-77H2,1-5H3/p+1/b10-8-,11-9-,16-14-,17-15-,22-20-,23-21-,28-26-,29-27-,33-32-,36-35-,39-38-,42-41-,45-44-,49-47-,50-48-,56-54-. The number of hydrogen-bond donors (Lipinski definition) is 1. The Kier molecular flexibility index (Phi) is 64.3. The van der Waals surface area contributed by atoms with Crippen LogP contribution >= 0.6 is 7.82 Å². The first-order valence-electron chi connectivity index (χ1n) is 35.2. The maximum Gasteiger partial charge on any atom is 0.472 e. The molecule has 0 fully saturated rings. The zero-order valence-corrected chi connectivity index (χ0v) is 58.4. The lowest BCUT2D eigenvalue weighted by Crippen LogP contribution is -2.37. The van der Waals surface area contributed by atoms with Crippen LogP contribution in [0.15, 0.2) is 194 Å². The summed E-state index contributed by atoms with van der Waals surface area (Å²) in [4.78, 5) is 35.9. The fraction of sp³-hybridized carbons (Fsp3) is 0.575. The molecule has 1 N–H and O–H groups in total. The van der Waals surface area contributed by atoms with Gasteiger partial charge in [-0.1, -0.05) is 285 Å². The second kappa shape index (κ2) is 68.2. The van der Waals surface area contributed by atoms with Crippen molar-refractivity contribution in [3.8, 4) is 0 Å². The van der Waals surface area contributed by atoms with Crippen LogP contribution in [0.4, 0.5) is 0 Å².